The first-order valence-electron chi connectivity index (χ1n) is 8.91. The molecule has 32 heavy (non-hydrogen) atoms. The largest absolute Gasteiger partial charge is 0.468 e. The normalized spacial score (nSPS) is 11.1. The summed E-state index contributed by atoms with van der Waals surface area (Å²) in [6.45, 7) is 1.86. The average molecular weight is 513 g/mol. The smallest absolute Gasteiger partial charge is 0.316 e. The van der Waals surface area contributed by atoms with Crippen molar-refractivity contribution in [3.63, 3.8) is 0 Å². The molecule has 2 N–H and O–H groups in total. The molecule has 0 atom stereocenters. The number of sulfonamides is 1. The highest BCUT2D eigenvalue weighted by atomic mass is 35.5. The van der Waals surface area contributed by atoms with Gasteiger partial charge < -0.3 is 4.74 Å². The van der Waals surface area contributed by atoms with Gasteiger partial charge in [0.2, 0.25) is 5.13 Å². The summed E-state index contributed by atoms with van der Waals surface area (Å²) in [5.74, 6) is -0.866. The van der Waals surface area contributed by atoms with E-state index in [0.717, 1.165) is 28.7 Å². The van der Waals surface area contributed by atoms with Crippen LogP contribution in [0.25, 0.3) is 0 Å². The molecule has 2 aromatic carbocycles. The van der Waals surface area contributed by atoms with Crippen molar-refractivity contribution in [3.05, 3.63) is 58.6 Å². The Labute approximate surface area is 197 Å². The summed E-state index contributed by atoms with van der Waals surface area (Å²) in [5, 5.41) is 10.6. The number of nitrogens with zero attached hydrogens (tertiary/aromatic N) is 2. The van der Waals surface area contributed by atoms with Crippen molar-refractivity contribution in [3.8, 4) is 0 Å². The number of aryl methyl sites for hydroxylation is 1. The number of rotatable bonds is 8. The Morgan fingerprint density at radius 3 is 2.53 bits per heavy atom. The van der Waals surface area contributed by atoms with Gasteiger partial charge in [0.15, 0.2) is 4.34 Å². The van der Waals surface area contributed by atoms with E-state index >= 15 is 0 Å². The first kappa shape index (κ1) is 24.0. The number of halogens is 1. The molecule has 9 nitrogen and oxygen atoms in total. The van der Waals surface area contributed by atoms with E-state index in [1.165, 1.54) is 37.4 Å². The van der Waals surface area contributed by atoms with Gasteiger partial charge in [-0.25, -0.2) is 8.42 Å². The fraction of sp³-hybridized carbons (Fsp3) is 0.158. The number of thioether (sulfide) groups is 1. The van der Waals surface area contributed by atoms with Crippen molar-refractivity contribution in [1.82, 2.24) is 10.2 Å². The molecule has 0 aliphatic rings. The number of methoxy groups -OCH3 is 1. The van der Waals surface area contributed by atoms with Crippen molar-refractivity contribution in [2.24, 2.45) is 0 Å². The zero-order valence-electron chi connectivity index (χ0n) is 16.8. The summed E-state index contributed by atoms with van der Waals surface area (Å²) in [7, 11) is -2.51. The van der Waals surface area contributed by atoms with Crippen LogP contribution in [0.5, 0.6) is 0 Å². The third-order valence-corrected chi connectivity index (χ3v) is 7.62. The number of ether oxygens (including phenoxy) is 1. The standard InChI is InChI=1S/C19H17ClN4O5S3/c1-11-3-6-13(7-4-11)32(27,28)24-12-5-8-14(15(20)9-12)17(26)21-18-22-23-19(31-18)30-10-16(25)29-2/h3-9,24H,10H2,1-2H3,(H,21,22,26). The lowest BCUT2D eigenvalue weighted by Gasteiger charge is -2.10. The number of nitrogens with one attached hydrogen (secondary N) is 2. The molecule has 168 valence electrons. The van der Waals surface area contributed by atoms with Gasteiger partial charge in [-0.05, 0) is 37.3 Å². The van der Waals surface area contributed by atoms with Gasteiger partial charge in [0, 0.05) is 0 Å². The third-order valence-electron chi connectivity index (χ3n) is 3.97. The molecular weight excluding hydrogens is 496 g/mol. The molecule has 13 heteroatoms. The highest BCUT2D eigenvalue weighted by Crippen LogP contribution is 2.28. The minimum Gasteiger partial charge on any atom is -0.468 e. The SMILES string of the molecule is COC(=O)CSc1nnc(NC(=O)c2ccc(NS(=O)(=O)c3ccc(C)cc3)cc2Cl)s1. The molecule has 3 aromatic rings. The summed E-state index contributed by atoms with van der Waals surface area (Å²) in [6.07, 6.45) is 0. The van der Waals surface area contributed by atoms with Gasteiger partial charge in [-0.2, -0.15) is 0 Å². The molecule has 0 saturated carbocycles. The molecule has 0 spiro atoms. The number of esters is 1. The van der Waals surface area contributed by atoms with Crippen molar-refractivity contribution in [2.75, 3.05) is 22.9 Å². The summed E-state index contributed by atoms with van der Waals surface area (Å²) in [6, 6.07) is 10.6. The first-order valence-corrected chi connectivity index (χ1v) is 12.6. The Kier molecular flexibility index (Phi) is 7.72. The minimum absolute atomic E-state index is 0.0522. The maximum atomic E-state index is 12.5. The lowest BCUT2D eigenvalue weighted by molar-refractivity contribution is -0.137. The van der Waals surface area contributed by atoms with Crippen LogP contribution in [0, 0.1) is 6.92 Å². The molecule has 0 fully saturated rings. The fourth-order valence-corrected chi connectivity index (χ4v) is 5.25. The topological polar surface area (TPSA) is 127 Å². The van der Waals surface area contributed by atoms with Crippen molar-refractivity contribution < 1.29 is 22.7 Å². The number of hydrogen-bond acceptors (Lipinski definition) is 9. The Morgan fingerprint density at radius 1 is 1.16 bits per heavy atom. The van der Waals surface area contributed by atoms with E-state index in [1.54, 1.807) is 12.1 Å². The molecule has 0 aliphatic heterocycles. The average Bonchev–Trinajstić information content (AvgIpc) is 3.19. The van der Waals surface area contributed by atoms with Crippen molar-refractivity contribution >= 4 is 67.4 Å². The molecule has 1 amide bonds. The van der Waals surface area contributed by atoms with Crippen LogP contribution >= 0.6 is 34.7 Å². The summed E-state index contributed by atoms with van der Waals surface area (Å²) >= 11 is 8.43. The molecule has 0 bridgehead atoms. The Hall–Kier alpha value is -2.67. The molecular formula is C19H17ClN4O5S3. The zero-order chi connectivity index (χ0) is 23.3. The Bertz CT molecular complexity index is 1250. The number of carbonyl (C=O) groups excluding carboxylic acids is 2. The van der Waals surface area contributed by atoms with Crippen LogP contribution in [0.4, 0.5) is 10.8 Å². The monoisotopic (exact) mass is 512 g/mol. The molecule has 1 aromatic heterocycles. The lowest BCUT2D eigenvalue weighted by atomic mass is 10.2. The van der Waals surface area contributed by atoms with Gasteiger partial charge in [-0.15, -0.1) is 10.2 Å². The molecule has 0 saturated heterocycles. The van der Waals surface area contributed by atoms with Gasteiger partial charge in [-0.1, -0.05) is 52.4 Å². The van der Waals surface area contributed by atoms with E-state index in [1.807, 2.05) is 6.92 Å². The number of benzene rings is 2. The summed E-state index contributed by atoms with van der Waals surface area (Å²) < 4.78 is 32.5. The molecule has 0 aliphatic carbocycles. The van der Waals surface area contributed by atoms with Crippen LogP contribution < -0.4 is 10.0 Å². The van der Waals surface area contributed by atoms with Crippen molar-refractivity contribution in [1.29, 1.82) is 0 Å². The predicted octanol–water partition coefficient (Wildman–Crippen LogP) is 3.82. The van der Waals surface area contributed by atoms with E-state index < -0.39 is 21.9 Å². The van der Waals surface area contributed by atoms with Gasteiger partial charge in [0.25, 0.3) is 15.9 Å². The van der Waals surface area contributed by atoms with Gasteiger partial charge in [0.05, 0.1) is 34.0 Å². The van der Waals surface area contributed by atoms with Crippen LogP contribution in [-0.2, 0) is 19.6 Å². The van der Waals surface area contributed by atoms with Crippen molar-refractivity contribution in [2.45, 2.75) is 16.2 Å². The molecule has 0 unspecified atom stereocenters. The number of amides is 1. The second-order valence-electron chi connectivity index (χ2n) is 6.31. The lowest BCUT2D eigenvalue weighted by Crippen LogP contribution is -2.14. The second kappa shape index (κ2) is 10.3. The highest BCUT2D eigenvalue weighted by molar-refractivity contribution is 8.01. The number of hydrogen-bond donors (Lipinski definition) is 2. The molecule has 3 rings (SSSR count). The number of carbonyl (C=O) groups is 2. The predicted molar refractivity (Wildman–Crippen MR) is 124 cm³/mol. The second-order valence-corrected chi connectivity index (χ2v) is 10.6. The quantitative estimate of drug-likeness (QED) is 0.265. The fourth-order valence-electron chi connectivity index (χ4n) is 2.36. The van der Waals surface area contributed by atoms with Gasteiger partial charge in [0.1, 0.15) is 0 Å². The zero-order valence-corrected chi connectivity index (χ0v) is 20.0. The Morgan fingerprint density at radius 2 is 1.88 bits per heavy atom. The number of aromatic nitrogens is 2. The molecule has 1 heterocycles. The maximum absolute atomic E-state index is 12.5. The van der Waals surface area contributed by atoms with Gasteiger partial charge >= 0.3 is 5.97 Å². The van der Waals surface area contributed by atoms with Gasteiger partial charge in [-0.3, -0.25) is 19.6 Å². The maximum Gasteiger partial charge on any atom is 0.316 e. The van der Waals surface area contributed by atoms with Crippen LogP contribution in [0.3, 0.4) is 0 Å². The minimum atomic E-state index is -3.80. The third kappa shape index (κ3) is 6.19. The van der Waals surface area contributed by atoms with Crippen LogP contribution in [-0.4, -0.2) is 43.4 Å². The van der Waals surface area contributed by atoms with E-state index in [2.05, 4.69) is 25.0 Å². The van der Waals surface area contributed by atoms with E-state index in [-0.39, 0.29) is 32.1 Å². The van der Waals surface area contributed by atoms with E-state index in [0.29, 0.717) is 4.34 Å². The highest BCUT2D eigenvalue weighted by Gasteiger charge is 2.18. The van der Waals surface area contributed by atoms with E-state index in [9.17, 15) is 18.0 Å². The van der Waals surface area contributed by atoms with E-state index in [4.69, 9.17) is 11.6 Å². The van der Waals surface area contributed by atoms with Crippen LogP contribution in [0.1, 0.15) is 15.9 Å². The van der Waals surface area contributed by atoms with Crippen LogP contribution in [0.2, 0.25) is 5.02 Å². The summed E-state index contributed by atoms with van der Waals surface area (Å²) in [5.41, 5.74) is 1.28. The van der Waals surface area contributed by atoms with Crippen LogP contribution in [0.15, 0.2) is 51.7 Å². The number of anilines is 2. The summed E-state index contributed by atoms with van der Waals surface area (Å²) in [4.78, 5) is 23.8. The first-order chi connectivity index (χ1) is 15.2. The Balaban J connectivity index is 1.67. The molecule has 0 radical (unpaired) electrons.